The second-order valence-electron chi connectivity index (χ2n) is 5.20. The molecule has 104 valence electrons. The first kappa shape index (κ1) is 13.5. The summed E-state index contributed by atoms with van der Waals surface area (Å²) in [7, 11) is 1.72. The zero-order valence-electron chi connectivity index (χ0n) is 11.5. The fourth-order valence-corrected chi connectivity index (χ4v) is 3.18. The van der Waals surface area contributed by atoms with Crippen LogP contribution in [0, 0.1) is 0 Å². The van der Waals surface area contributed by atoms with Gasteiger partial charge < -0.3 is 10.1 Å². The summed E-state index contributed by atoms with van der Waals surface area (Å²) in [5.74, 6) is 0.949. The van der Waals surface area contributed by atoms with E-state index in [0.29, 0.717) is 6.04 Å². The van der Waals surface area contributed by atoms with Crippen LogP contribution in [0.4, 0.5) is 5.69 Å². The highest BCUT2D eigenvalue weighted by Crippen LogP contribution is 2.29. The summed E-state index contributed by atoms with van der Waals surface area (Å²) in [4.78, 5) is 0. The van der Waals surface area contributed by atoms with Crippen LogP contribution in [0.25, 0.3) is 0 Å². The highest BCUT2D eigenvalue weighted by atomic mass is 79.9. The lowest BCUT2D eigenvalue weighted by atomic mass is 9.88. The lowest BCUT2D eigenvalue weighted by molar-refractivity contribution is 0.413. The number of methoxy groups -OCH3 is 1. The average Bonchev–Trinajstić information content (AvgIpc) is 2.49. The molecular formula is C17H18BrNO. The van der Waals surface area contributed by atoms with E-state index in [1.165, 1.54) is 23.2 Å². The van der Waals surface area contributed by atoms with Crippen molar-refractivity contribution in [1.82, 2.24) is 0 Å². The second-order valence-corrected chi connectivity index (χ2v) is 6.05. The quantitative estimate of drug-likeness (QED) is 0.898. The van der Waals surface area contributed by atoms with E-state index in [4.69, 9.17) is 4.74 Å². The number of halogens is 1. The molecule has 0 spiro atoms. The van der Waals surface area contributed by atoms with Crippen molar-refractivity contribution in [2.75, 3.05) is 12.4 Å². The Balaban J connectivity index is 1.76. The molecule has 0 heterocycles. The summed E-state index contributed by atoms with van der Waals surface area (Å²) in [6.45, 7) is 0. The highest BCUT2D eigenvalue weighted by Gasteiger charge is 2.19. The highest BCUT2D eigenvalue weighted by molar-refractivity contribution is 9.10. The van der Waals surface area contributed by atoms with E-state index in [9.17, 15) is 0 Å². The number of aryl methyl sites for hydroxylation is 1. The van der Waals surface area contributed by atoms with Crippen molar-refractivity contribution < 1.29 is 4.74 Å². The van der Waals surface area contributed by atoms with E-state index in [2.05, 4.69) is 57.6 Å². The van der Waals surface area contributed by atoms with Gasteiger partial charge in [0.2, 0.25) is 0 Å². The molecule has 1 aliphatic carbocycles. The van der Waals surface area contributed by atoms with Gasteiger partial charge >= 0.3 is 0 Å². The standard InChI is InChI=1S/C17H18BrNO/c1-20-15-9-7-12-6-8-14(10-13(12)11-15)19-17-5-3-2-4-16(17)18/h2-5,7,9,11,14,19H,6,8,10H2,1H3. The minimum absolute atomic E-state index is 0.480. The number of fused-ring (bicyclic) bond motifs is 1. The lowest BCUT2D eigenvalue weighted by Gasteiger charge is -2.27. The Kier molecular flexibility index (Phi) is 3.97. The number of benzene rings is 2. The zero-order valence-corrected chi connectivity index (χ0v) is 13.1. The molecule has 2 aromatic carbocycles. The fourth-order valence-electron chi connectivity index (χ4n) is 2.78. The first-order chi connectivity index (χ1) is 9.76. The molecule has 0 aliphatic heterocycles. The summed E-state index contributed by atoms with van der Waals surface area (Å²) in [6, 6.07) is 15.2. The van der Waals surface area contributed by atoms with Crippen LogP contribution in [0.5, 0.6) is 5.75 Å². The maximum atomic E-state index is 5.32. The minimum atomic E-state index is 0.480. The van der Waals surface area contributed by atoms with Crippen molar-refractivity contribution in [2.24, 2.45) is 0 Å². The van der Waals surface area contributed by atoms with Gasteiger partial charge in [0.1, 0.15) is 5.75 Å². The van der Waals surface area contributed by atoms with Crippen LogP contribution in [-0.2, 0) is 12.8 Å². The zero-order chi connectivity index (χ0) is 13.9. The summed E-state index contributed by atoms with van der Waals surface area (Å²) in [5.41, 5.74) is 4.03. The van der Waals surface area contributed by atoms with Gasteiger partial charge in [-0.3, -0.25) is 0 Å². The van der Waals surface area contributed by atoms with Gasteiger partial charge in [0, 0.05) is 16.2 Å². The number of para-hydroxylation sites is 1. The molecule has 0 fully saturated rings. The predicted molar refractivity (Wildman–Crippen MR) is 86.6 cm³/mol. The molecule has 20 heavy (non-hydrogen) atoms. The number of hydrogen-bond donors (Lipinski definition) is 1. The fraction of sp³-hybridized carbons (Fsp3) is 0.294. The third-order valence-electron chi connectivity index (χ3n) is 3.88. The van der Waals surface area contributed by atoms with Crippen LogP contribution in [-0.4, -0.2) is 13.2 Å². The molecule has 1 N–H and O–H groups in total. The molecule has 2 aromatic rings. The summed E-state index contributed by atoms with van der Waals surface area (Å²) < 4.78 is 6.45. The molecule has 0 aromatic heterocycles. The van der Waals surface area contributed by atoms with E-state index in [1.807, 2.05) is 6.07 Å². The SMILES string of the molecule is COc1ccc2c(c1)CC(Nc1ccccc1Br)CC2. The third-order valence-corrected chi connectivity index (χ3v) is 4.57. The van der Waals surface area contributed by atoms with Crippen LogP contribution < -0.4 is 10.1 Å². The molecule has 0 saturated carbocycles. The Morgan fingerprint density at radius 2 is 2.00 bits per heavy atom. The molecule has 1 atom stereocenters. The Morgan fingerprint density at radius 3 is 2.80 bits per heavy atom. The number of hydrogen-bond acceptors (Lipinski definition) is 2. The van der Waals surface area contributed by atoms with Gasteiger partial charge in [-0.15, -0.1) is 0 Å². The number of ether oxygens (including phenoxy) is 1. The summed E-state index contributed by atoms with van der Waals surface area (Å²) >= 11 is 3.60. The summed E-state index contributed by atoms with van der Waals surface area (Å²) in [5, 5.41) is 3.64. The van der Waals surface area contributed by atoms with Crippen molar-refractivity contribution in [3.63, 3.8) is 0 Å². The van der Waals surface area contributed by atoms with Crippen LogP contribution >= 0.6 is 15.9 Å². The molecule has 0 amide bonds. The van der Waals surface area contributed by atoms with E-state index in [1.54, 1.807) is 7.11 Å². The molecule has 0 radical (unpaired) electrons. The van der Waals surface area contributed by atoms with E-state index < -0.39 is 0 Å². The van der Waals surface area contributed by atoms with E-state index in [-0.39, 0.29) is 0 Å². The van der Waals surface area contributed by atoms with Gasteiger partial charge in [-0.2, -0.15) is 0 Å². The minimum Gasteiger partial charge on any atom is -0.497 e. The Morgan fingerprint density at radius 1 is 1.15 bits per heavy atom. The number of anilines is 1. The van der Waals surface area contributed by atoms with Gasteiger partial charge in [0.05, 0.1) is 7.11 Å². The van der Waals surface area contributed by atoms with Crippen LogP contribution in [0.1, 0.15) is 17.5 Å². The predicted octanol–water partition coefficient (Wildman–Crippen LogP) is 4.43. The van der Waals surface area contributed by atoms with Gasteiger partial charge in [0.25, 0.3) is 0 Å². The second kappa shape index (κ2) is 5.88. The van der Waals surface area contributed by atoms with Gasteiger partial charge in [-0.05, 0) is 70.6 Å². The normalized spacial score (nSPS) is 17.4. The van der Waals surface area contributed by atoms with Crippen LogP contribution in [0.15, 0.2) is 46.9 Å². The average molecular weight is 332 g/mol. The Labute approximate surface area is 128 Å². The number of rotatable bonds is 3. The first-order valence-corrected chi connectivity index (χ1v) is 7.72. The molecule has 2 nitrogen and oxygen atoms in total. The van der Waals surface area contributed by atoms with Crippen molar-refractivity contribution >= 4 is 21.6 Å². The molecule has 0 bridgehead atoms. The van der Waals surface area contributed by atoms with Crippen molar-refractivity contribution in [3.05, 3.63) is 58.1 Å². The largest absolute Gasteiger partial charge is 0.497 e. The van der Waals surface area contributed by atoms with Gasteiger partial charge in [-0.1, -0.05) is 18.2 Å². The monoisotopic (exact) mass is 331 g/mol. The first-order valence-electron chi connectivity index (χ1n) is 6.93. The smallest absolute Gasteiger partial charge is 0.119 e. The Hall–Kier alpha value is -1.48. The molecule has 1 aliphatic rings. The number of nitrogens with one attached hydrogen (secondary N) is 1. The molecule has 0 saturated heterocycles. The molecule has 3 heteroatoms. The van der Waals surface area contributed by atoms with Crippen molar-refractivity contribution in [3.8, 4) is 5.75 Å². The van der Waals surface area contributed by atoms with Crippen LogP contribution in [0.2, 0.25) is 0 Å². The summed E-state index contributed by atoms with van der Waals surface area (Å²) in [6.07, 6.45) is 3.34. The van der Waals surface area contributed by atoms with E-state index >= 15 is 0 Å². The molecule has 1 unspecified atom stereocenters. The van der Waals surface area contributed by atoms with E-state index in [0.717, 1.165) is 23.1 Å². The van der Waals surface area contributed by atoms with Crippen molar-refractivity contribution in [2.45, 2.75) is 25.3 Å². The third kappa shape index (κ3) is 2.83. The maximum Gasteiger partial charge on any atom is 0.119 e. The maximum absolute atomic E-state index is 5.32. The van der Waals surface area contributed by atoms with Crippen LogP contribution in [0.3, 0.4) is 0 Å². The molecule has 3 rings (SSSR count). The topological polar surface area (TPSA) is 21.3 Å². The molecular weight excluding hydrogens is 314 g/mol. The Bertz CT molecular complexity index is 612. The van der Waals surface area contributed by atoms with Crippen molar-refractivity contribution in [1.29, 1.82) is 0 Å². The van der Waals surface area contributed by atoms with Gasteiger partial charge in [0.15, 0.2) is 0 Å². The lowest BCUT2D eigenvalue weighted by Crippen LogP contribution is -2.27. The van der Waals surface area contributed by atoms with Gasteiger partial charge in [-0.25, -0.2) is 0 Å².